The maximum atomic E-state index is 4.90. The molecule has 1 aliphatic rings. The Morgan fingerprint density at radius 2 is 2.35 bits per heavy atom. The molecule has 1 N–H and O–H groups in total. The molecule has 0 unspecified atom stereocenters. The van der Waals surface area contributed by atoms with E-state index < -0.39 is 0 Å². The van der Waals surface area contributed by atoms with Crippen molar-refractivity contribution in [1.29, 1.82) is 0 Å². The van der Waals surface area contributed by atoms with Gasteiger partial charge >= 0.3 is 0 Å². The van der Waals surface area contributed by atoms with Crippen molar-refractivity contribution in [1.82, 2.24) is 19.3 Å². The highest BCUT2D eigenvalue weighted by molar-refractivity contribution is 7.07. The van der Waals surface area contributed by atoms with Crippen molar-refractivity contribution in [3.05, 3.63) is 46.8 Å². The predicted molar refractivity (Wildman–Crippen MR) is 93.9 cm³/mol. The van der Waals surface area contributed by atoms with Crippen molar-refractivity contribution < 1.29 is 0 Å². The Morgan fingerprint density at radius 1 is 1.39 bits per heavy atom. The molecule has 3 aromatic heterocycles. The van der Waals surface area contributed by atoms with Crippen molar-refractivity contribution in [3.63, 3.8) is 0 Å². The molecule has 4 heterocycles. The van der Waals surface area contributed by atoms with E-state index in [1.807, 2.05) is 12.6 Å². The maximum Gasteiger partial charge on any atom is 0.150 e. The molecule has 0 aliphatic carbocycles. The monoisotopic (exact) mass is 327 g/mol. The second-order valence-corrected chi connectivity index (χ2v) is 6.75. The predicted octanol–water partition coefficient (Wildman–Crippen LogP) is 3.56. The zero-order valence-corrected chi connectivity index (χ0v) is 14.1. The number of piperidine rings is 1. The summed E-state index contributed by atoms with van der Waals surface area (Å²) in [5.74, 6) is 0.951. The van der Waals surface area contributed by atoms with E-state index >= 15 is 0 Å². The largest absolute Gasteiger partial charge is 0.371 e. The van der Waals surface area contributed by atoms with E-state index in [0.29, 0.717) is 6.04 Å². The maximum absolute atomic E-state index is 4.90. The number of nitrogens with zero attached hydrogens (tertiary/aromatic N) is 4. The number of thiazole rings is 1. The Labute approximate surface area is 140 Å². The van der Waals surface area contributed by atoms with Crippen LogP contribution in [0.3, 0.4) is 0 Å². The molecule has 6 heteroatoms. The van der Waals surface area contributed by atoms with Gasteiger partial charge in [0.05, 0.1) is 28.5 Å². The fourth-order valence-corrected chi connectivity index (χ4v) is 4.00. The van der Waals surface area contributed by atoms with Crippen molar-refractivity contribution in [2.75, 3.05) is 18.9 Å². The number of hydrogen-bond acceptors (Lipinski definition) is 5. The molecule has 0 saturated carbocycles. The molecule has 1 saturated heterocycles. The van der Waals surface area contributed by atoms with Crippen LogP contribution in [0.25, 0.3) is 5.52 Å². The van der Waals surface area contributed by atoms with E-state index in [1.165, 1.54) is 12.8 Å². The smallest absolute Gasteiger partial charge is 0.150 e. The summed E-state index contributed by atoms with van der Waals surface area (Å²) in [7, 11) is 1.94. The van der Waals surface area contributed by atoms with Gasteiger partial charge in [-0.15, -0.1) is 11.3 Å². The molecular formula is C17H21N5S. The van der Waals surface area contributed by atoms with Gasteiger partial charge in [-0.3, -0.25) is 4.90 Å². The van der Waals surface area contributed by atoms with E-state index in [9.17, 15) is 0 Å². The summed E-state index contributed by atoms with van der Waals surface area (Å²) in [6.45, 7) is 2.02. The highest BCUT2D eigenvalue weighted by Gasteiger charge is 2.26. The number of hydrogen-bond donors (Lipinski definition) is 1. The third-order valence-electron chi connectivity index (χ3n) is 4.57. The molecule has 4 rings (SSSR count). The molecule has 1 atom stereocenters. The van der Waals surface area contributed by atoms with Crippen LogP contribution in [-0.4, -0.2) is 32.9 Å². The van der Waals surface area contributed by atoms with Gasteiger partial charge in [0.15, 0.2) is 0 Å². The highest BCUT2D eigenvalue weighted by atomic mass is 32.1. The molecule has 0 amide bonds. The molecule has 120 valence electrons. The molecule has 3 aromatic rings. The number of fused-ring (bicyclic) bond motifs is 1. The molecule has 0 bridgehead atoms. The van der Waals surface area contributed by atoms with E-state index in [4.69, 9.17) is 4.98 Å². The quantitative estimate of drug-likeness (QED) is 0.796. The van der Waals surface area contributed by atoms with Crippen LogP contribution in [0.15, 0.2) is 35.4 Å². The zero-order chi connectivity index (χ0) is 15.6. The molecule has 23 heavy (non-hydrogen) atoms. The first-order chi connectivity index (χ1) is 11.3. The van der Waals surface area contributed by atoms with Crippen LogP contribution in [0.5, 0.6) is 0 Å². The van der Waals surface area contributed by atoms with Gasteiger partial charge in [-0.2, -0.15) is 0 Å². The number of aromatic nitrogens is 3. The van der Waals surface area contributed by atoms with Gasteiger partial charge in [0.2, 0.25) is 0 Å². The SMILES string of the molecule is CNc1nc([C@H]2CCCCN2Cc2cscn2)cn2cccc12. The Kier molecular flexibility index (Phi) is 4.01. The highest BCUT2D eigenvalue weighted by Crippen LogP contribution is 2.32. The lowest BCUT2D eigenvalue weighted by atomic mass is 9.99. The summed E-state index contributed by atoms with van der Waals surface area (Å²) in [5, 5.41) is 5.38. The Hall–Kier alpha value is -1.92. The summed E-state index contributed by atoms with van der Waals surface area (Å²) < 4.78 is 2.17. The first-order valence-corrected chi connectivity index (χ1v) is 9.06. The van der Waals surface area contributed by atoms with Crippen LogP contribution in [-0.2, 0) is 6.54 Å². The number of nitrogens with one attached hydrogen (secondary N) is 1. The molecule has 0 aromatic carbocycles. The number of anilines is 1. The van der Waals surface area contributed by atoms with Crippen LogP contribution in [0.2, 0.25) is 0 Å². The number of rotatable bonds is 4. The third-order valence-corrected chi connectivity index (χ3v) is 5.21. The summed E-state index contributed by atoms with van der Waals surface area (Å²) in [6.07, 6.45) is 7.95. The molecular weight excluding hydrogens is 306 g/mol. The Balaban J connectivity index is 1.68. The molecule has 1 aliphatic heterocycles. The van der Waals surface area contributed by atoms with Crippen molar-refractivity contribution in [2.45, 2.75) is 31.8 Å². The van der Waals surface area contributed by atoms with Gasteiger partial charge in [-0.05, 0) is 31.5 Å². The minimum atomic E-state index is 0.365. The zero-order valence-electron chi connectivity index (χ0n) is 13.3. The molecule has 0 radical (unpaired) electrons. The van der Waals surface area contributed by atoms with Crippen LogP contribution in [0, 0.1) is 0 Å². The second kappa shape index (κ2) is 6.29. The summed E-state index contributed by atoms with van der Waals surface area (Å²) in [4.78, 5) is 11.9. The lowest BCUT2D eigenvalue weighted by molar-refractivity contribution is 0.135. The first kappa shape index (κ1) is 14.7. The Morgan fingerprint density at radius 3 is 3.17 bits per heavy atom. The minimum absolute atomic E-state index is 0.365. The van der Waals surface area contributed by atoms with Gasteiger partial charge in [-0.1, -0.05) is 6.42 Å². The van der Waals surface area contributed by atoms with Crippen molar-refractivity contribution in [3.8, 4) is 0 Å². The Bertz CT molecular complexity index is 779. The van der Waals surface area contributed by atoms with Gasteiger partial charge in [0.25, 0.3) is 0 Å². The van der Waals surface area contributed by atoms with E-state index in [2.05, 4.69) is 49.5 Å². The van der Waals surface area contributed by atoms with Crippen molar-refractivity contribution in [2.24, 2.45) is 0 Å². The first-order valence-electron chi connectivity index (χ1n) is 8.11. The third kappa shape index (κ3) is 2.84. The summed E-state index contributed by atoms with van der Waals surface area (Å²) >= 11 is 1.67. The van der Waals surface area contributed by atoms with Crippen LogP contribution in [0.1, 0.15) is 36.7 Å². The molecule has 0 spiro atoms. The molecule has 5 nitrogen and oxygen atoms in total. The fraction of sp³-hybridized carbons (Fsp3) is 0.412. The summed E-state index contributed by atoms with van der Waals surface area (Å²) in [6, 6.07) is 4.52. The van der Waals surface area contributed by atoms with Crippen LogP contribution >= 0.6 is 11.3 Å². The van der Waals surface area contributed by atoms with Gasteiger partial charge in [-0.25, -0.2) is 9.97 Å². The number of likely N-dealkylation sites (tertiary alicyclic amines) is 1. The van der Waals surface area contributed by atoms with Gasteiger partial charge < -0.3 is 9.72 Å². The lowest BCUT2D eigenvalue weighted by Gasteiger charge is -2.35. The molecule has 1 fully saturated rings. The standard InChI is InChI=1S/C17H21N5S/c1-18-17-16-6-4-8-22(16)10-14(20-17)15-5-2-3-7-21(15)9-13-11-23-12-19-13/h4,6,8,10-12,15H,2-3,5,7,9H2,1H3,(H,18,20)/t15-/m1/s1. The van der Waals surface area contributed by atoms with Gasteiger partial charge in [0.1, 0.15) is 5.82 Å². The van der Waals surface area contributed by atoms with Crippen molar-refractivity contribution >= 4 is 22.7 Å². The summed E-state index contributed by atoms with van der Waals surface area (Å²) in [5.41, 5.74) is 5.35. The average Bonchev–Trinajstić information content (AvgIpc) is 3.25. The lowest BCUT2D eigenvalue weighted by Crippen LogP contribution is -2.33. The average molecular weight is 327 g/mol. The fourth-order valence-electron chi connectivity index (χ4n) is 3.45. The van der Waals surface area contributed by atoms with E-state index in [0.717, 1.165) is 42.2 Å². The second-order valence-electron chi connectivity index (χ2n) is 6.03. The van der Waals surface area contributed by atoms with Gasteiger partial charge in [0, 0.05) is 31.4 Å². The minimum Gasteiger partial charge on any atom is -0.371 e. The van der Waals surface area contributed by atoms with E-state index in [1.54, 1.807) is 11.3 Å². The van der Waals surface area contributed by atoms with Crippen LogP contribution in [0.4, 0.5) is 5.82 Å². The normalized spacial score (nSPS) is 19.3. The van der Waals surface area contributed by atoms with Crippen LogP contribution < -0.4 is 5.32 Å². The van der Waals surface area contributed by atoms with E-state index in [-0.39, 0.29) is 0 Å². The topological polar surface area (TPSA) is 45.5 Å².